The van der Waals surface area contributed by atoms with Crippen LogP contribution in [0, 0.1) is 5.92 Å². The zero-order valence-electron chi connectivity index (χ0n) is 15.9. The minimum atomic E-state index is -1.71. The number of nitrogens with zero attached hydrogens (tertiary/aromatic N) is 1. The van der Waals surface area contributed by atoms with Crippen molar-refractivity contribution in [2.45, 2.75) is 45.3 Å². The first-order valence-electron chi connectivity index (χ1n) is 9.07. The Balaban J connectivity index is 2.01. The molecule has 3 rings (SSSR count). The summed E-state index contributed by atoms with van der Waals surface area (Å²) in [6.45, 7) is 4.38. The Hall–Kier alpha value is -1.72. The third kappa shape index (κ3) is 2.92. The van der Waals surface area contributed by atoms with Crippen molar-refractivity contribution in [1.29, 1.82) is 0 Å². The van der Waals surface area contributed by atoms with E-state index in [9.17, 15) is 9.59 Å². The van der Waals surface area contributed by atoms with Gasteiger partial charge in [0, 0.05) is 12.6 Å². The summed E-state index contributed by atoms with van der Waals surface area (Å²) in [5.41, 5.74) is -0.508. The summed E-state index contributed by atoms with van der Waals surface area (Å²) in [5.74, 6) is 0.776. The fourth-order valence-electron chi connectivity index (χ4n) is 3.59. The van der Waals surface area contributed by atoms with Crippen molar-refractivity contribution in [3.8, 4) is 11.5 Å². The minimum Gasteiger partial charge on any atom is -0.496 e. The van der Waals surface area contributed by atoms with Crippen molar-refractivity contribution < 1.29 is 19.1 Å². The molecule has 0 bridgehead atoms. The molecular weight excluding hydrogens is 389 g/mol. The molecule has 0 aliphatic carbocycles. The van der Waals surface area contributed by atoms with Crippen LogP contribution in [-0.4, -0.2) is 36.5 Å². The van der Waals surface area contributed by atoms with Crippen LogP contribution in [0.3, 0.4) is 0 Å². The van der Waals surface area contributed by atoms with Crippen LogP contribution in [-0.2, 0) is 11.2 Å². The van der Waals surface area contributed by atoms with Gasteiger partial charge in [0.25, 0.3) is 11.6 Å². The normalized spacial score (nSPS) is 22.5. The molecule has 1 aromatic rings. The number of ether oxygens (including phenoxy) is 2. The molecule has 2 atom stereocenters. The molecular formula is C20H23Cl2NO4. The van der Waals surface area contributed by atoms with E-state index in [-0.39, 0.29) is 15.8 Å². The summed E-state index contributed by atoms with van der Waals surface area (Å²) >= 11 is 12.3. The van der Waals surface area contributed by atoms with Gasteiger partial charge in [-0.25, -0.2) is 0 Å². The van der Waals surface area contributed by atoms with Crippen molar-refractivity contribution in [3.63, 3.8) is 0 Å². The van der Waals surface area contributed by atoms with Gasteiger partial charge in [0.1, 0.15) is 21.6 Å². The van der Waals surface area contributed by atoms with Gasteiger partial charge < -0.3 is 9.47 Å². The van der Waals surface area contributed by atoms with E-state index in [2.05, 4.69) is 13.8 Å². The number of hydrogen-bond donors (Lipinski definition) is 0. The van der Waals surface area contributed by atoms with E-state index >= 15 is 0 Å². The largest absolute Gasteiger partial charge is 0.496 e. The number of Topliss-reactive ketones (excluding diaryl/α,β-unsaturated/α-hetero) is 1. The van der Waals surface area contributed by atoms with Crippen LogP contribution in [0.25, 0.3) is 0 Å². The highest BCUT2D eigenvalue weighted by molar-refractivity contribution is 6.51. The third-order valence-electron chi connectivity index (χ3n) is 5.52. The number of halogens is 2. The molecule has 146 valence electrons. The van der Waals surface area contributed by atoms with E-state index in [1.54, 1.807) is 19.2 Å². The molecule has 1 amide bonds. The van der Waals surface area contributed by atoms with E-state index in [0.717, 1.165) is 29.7 Å². The molecule has 0 N–H and O–H groups in total. The fraction of sp³-hybridized carbons (Fsp3) is 0.500. The summed E-state index contributed by atoms with van der Waals surface area (Å²) in [7, 11) is 3.05. The molecule has 2 aliphatic rings. The Bertz CT molecular complexity index is 836. The Morgan fingerprint density at radius 3 is 2.56 bits per heavy atom. The van der Waals surface area contributed by atoms with E-state index in [1.807, 2.05) is 0 Å². The van der Waals surface area contributed by atoms with Gasteiger partial charge in [-0.15, -0.1) is 0 Å². The van der Waals surface area contributed by atoms with Crippen molar-refractivity contribution in [3.05, 3.63) is 33.3 Å². The zero-order chi connectivity index (χ0) is 19.9. The summed E-state index contributed by atoms with van der Waals surface area (Å²) in [5, 5.41) is -0.284. The first-order chi connectivity index (χ1) is 12.8. The number of amides is 1. The molecule has 0 unspecified atom stereocenters. The van der Waals surface area contributed by atoms with Gasteiger partial charge >= 0.3 is 0 Å². The van der Waals surface area contributed by atoms with Crippen molar-refractivity contribution >= 4 is 34.9 Å². The highest BCUT2D eigenvalue weighted by Crippen LogP contribution is 2.50. The maximum Gasteiger partial charge on any atom is 0.287 e. The van der Waals surface area contributed by atoms with Crippen molar-refractivity contribution in [1.82, 2.24) is 4.90 Å². The number of benzene rings is 1. The predicted octanol–water partition coefficient (Wildman–Crippen LogP) is 4.50. The van der Waals surface area contributed by atoms with Crippen molar-refractivity contribution in [2.75, 3.05) is 14.2 Å². The Morgan fingerprint density at radius 2 is 2.00 bits per heavy atom. The molecule has 7 heteroatoms. The highest BCUT2D eigenvalue weighted by atomic mass is 35.5. The summed E-state index contributed by atoms with van der Waals surface area (Å²) in [6.07, 6.45) is 3.82. The van der Waals surface area contributed by atoms with Gasteiger partial charge in [0.2, 0.25) is 5.78 Å². The molecule has 2 heterocycles. The maximum absolute atomic E-state index is 13.2. The van der Waals surface area contributed by atoms with Gasteiger partial charge in [-0.1, -0.05) is 49.9 Å². The fourth-order valence-corrected chi connectivity index (χ4v) is 4.17. The molecule has 27 heavy (non-hydrogen) atoms. The second-order valence-electron chi connectivity index (χ2n) is 7.10. The first kappa shape index (κ1) is 20.0. The lowest BCUT2D eigenvalue weighted by Crippen LogP contribution is -2.53. The summed E-state index contributed by atoms with van der Waals surface area (Å²) in [4.78, 5) is 26.6. The number of carbonyl (C=O) groups is 2. The molecule has 0 radical (unpaired) electrons. The maximum atomic E-state index is 13.2. The topological polar surface area (TPSA) is 55.8 Å². The monoisotopic (exact) mass is 411 g/mol. The van der Waals surface area contributed by atoms with Crippen molar-refractivity contribution in [2.24, 2.45) is 5.92 Å². The molecule has 0 fully saturated rings. The van der Waals surface area contributed by atoms with Crippen LogP contribution >= 0.6 is 23.2 Å². The lowest BCUT2D eigenvalue weighted by atomic mass is 9.96. The van der Waals surface area contributed by atoms with Gasteiger partial charge in [0.15, 0.2) is 0 Å². The lowest BCUT2D eigenvalue weighted by Gasteiger charge is -2.30. The molecule has 5 nitrogen and oxygen atoms in total. The lowest BCUT2D eigenvalue weighted by molar-refractivity contribution is -0.131. The van der Waals surface area contributed by atoms with Crippen LogP contribution in [0.2, 0.25) is 0 Å². The molecule has 0 aromatic heterocycles. The SMILES string of the molecule is CC[C@H](C)CCCc1c(OC)ccc2c1O[C@]1(C2=O)C(Cl)=C(Cl)C(=O)N1C. The van der Waals surface area contributed by atoms with Crippen LogP contribution in [0.4, 0.5) is 0 Å². The van der Waals surface area contributed by atoms with Gasteiger partial charge in [-0.2, -0.15) is 0 Å². The molecule has 0 saturated heterocycles. The highest BCUT2D eigenvalue weighted by Gasteiger charge is 2.61. The van der Waals surface area contributed by atoms with Gasteiger partial charge in [0.05, 0.1) is 12.7 Å². The Morgan fingerprint density at radius 1 is 1.30 bits per heavy atom. The molecule has 2 aliphatic heterocycles. The average molecular weight is 412 g/mol. The van der Waals surface area contributed by atoms with E-state index < -0.39 is 11.6 Å². The zero-order valence-corrected chi connectivity index (χ0v) is 17.4. The number of fused-ring (bicyclic) bond motifs is 1. The minimum absolute atomic E-state index is 0.0950. The standard InChI is InChI=1S/C20H23Cl2NO4/c1-5-11(2)7-6-8-12-14(26-4)10-9-13-16(12)27-20(18(13)24)17(22)15(21)19(25)23(20)3/h9-11H,5-8H2,1-4H3/t11-,20-/m0/s1. The van der Waals surface area contributed by atoms with Crippen LogP contribution < -0.4 is 9.47 Å². The number of methoxy groups -OCH3 is 1. The van der Waals surface area contributed by atoms with E-state index in [0.29, 0.717) is 29.4 Å². The van der Waals surface area contributed by atoms with Gasteiger partial charge in [-0.3, -0.25) is 14.5 Å². The van der Waals surface area contributed by atoms with E-state index in [1.165, 1.54) is 7.05 Å². The predicted molar refractivity (Wildman–Crippen MR) is 105 cm³/mol. The smallest absolute Gasteiger partial charge is 0.287 e. The number of hydrogen-bond acceptors (Lipinski definition) is 4. The van der Waals surface area contributed by atoms with Crippen LogP contribution in [0.5, 0.6) is 11.5 Å². The number of rotatable bonds is 6. The second-order valence-corrected chi connectivity index (χ2v) is 7.85. The summed E-state index contributed by atoms with van der Waals surface area (Å²) < 4.78 is 11.6. The average Bonchev–Trinajstić information content (AvgIpc) is 3.06. The Labute approximate surface area is 169 Å². The van der Waals surface area contributed by atoms with Gasteiger partial charge in [-0.05, 0) is 30.9 Å². The number of ketones is 1. The van der Waals surface area contributed by atoms with Crippen LogP contribution in [0.15, 0.2) is 22.2 Å². The number of likely N-dealkylation sites (N-methyl/N-ethyl adjacent to an activating group) is 1. The van der Waals surface area contributed by atoms with E-state index in [4.69, 9.17) is 32.7 Å². The third-order valence-corrected chi connectivity index (χ3v) is 6.41. The number of carbonyl (C=O) groups excluding carboxylic acids is 2. The first-order valence-corrected chi connectivity index (χ1v) is 9.82. The quantitative estimate of drug-likeness (QED) is 0.691. The second kappa shape index (κ2) is 7.36. The summed E-state index contributed by atoms with van der Waals surface area (Å²) in [6, 6.07) is 3.41. The molecule has 0 saturated carbocycles. The molecule has 1 spiro atoms. The Kier molecular flexibility index (Phi) is 5.46. The van der Waals surface area contributed by atoms with Crippen LogP contribution in [0.1, 0.15) is 49.0 Å². The molecule has 1 aromatic carbocycles.